The smallest absolute Gasteiger partial charge is 0.411 e. The lowest BCUT2D eigenvalue weighted by atomic mass is 10.1. The van der Waals surface area contributed by atoms with Gasteiger partial charge in [0, 0.05) is 13.1 Å². The van der Waals surface area contributed by atoms with Gasteiger partial charge in [-0.1, -0.05) is 0 Å². The van der Waals surface area contributed by atoms with Crippen LogP contribution < -0.4 is 5.32 Å². The van der Waals surface area contributed by atoms with Crippen molar-refractivity contribution in [1.29, 1.82) is 0 Å². The molecule has 0 spiro atoms. The lowest BCUT2D eigenvalue weighted by Crippen LogP contribution is -2.48. The summed E-state index contributed by atoms with van der Waals surface area (Å²) in [6, 6.07) is -0.134. The van der Waals surface area contributed by atoms with E-state index in [1.807, 2.05) is 20.8 Å². The normalized spacial score (nSPS) is 30.8. The molecule has 0 aromatic carbocycles. The predicted octanol–water partition coefficient (Wildman–Crippen LogP) is 1.13. The minimum absolute atomic E-state index is 0.0944. The number of carbonyl (C=O) groups is 2. The van der Waals surface area contributed by atoms with Gasteiger partial charge >= 0.3 is 6.09 Å². The zero-order valence-corrected chi connectivity index (χ0v) is 10.8. The highest BCUT2D eigenvalue weighted by Gasteiger charge is 2.56. The van der Waals surface area contributed by atoms with Gasteiger partial charge in [0.15, 0.2) is 0 Å². The largest absolute Gasteiger partial charge is 0.444 e. The summed E-state index contributed by atoms with van der Waals surface area (Å²) in [6.45, 7) is 5.50. The molecule has 1 N–H and O–H groups in total. The Hall–Kier alpha value is -1.26. The van der Waals surface area contributed by atoms with Gasteiger partial charge in [0.2, 0.25) is 5.91 Å². The number of hydrogen-bond acceptors (Lipinski definition) is 3. The molecule has 2 amide bonds. The Balaban J connectivity index is 2.07. The number of rotatable bonds is 1. The average molecular weight is 240 g/mol. The van der Waals surface area contributed by atoms with E-state index in [2.05, 4.69) is 5.32 Å². The fourth-order valence-electron chi connectivity index (χ4n) is 2.43. The van der Waals surface area contributed by atoms with E-state index in [1.165, 1.54) is 0 Å². The van der Waals surface area contributed by atoms with Gasteiger partial charge in [0.25, 0.3) is 0 Å². The standard InChI is InChI=1S/C12H20N2O3/c1-12(2,3)17-11(16)14-8-5-7(8)6-9(14)10(15)13-4/h7-9H,5-6H2,1-4H3,(H,13,15). The van der Waals surface area contributed by atoms with E-state index in [4.69, 9.17) is 4.74 Å². The van der Waals surface area contributed by atoms with E-state index in [-0.39, 0.29) is 24.1 Å². The van der Waals surface area contributed by atoms with Crippen LogP contribution >= 0.6 is 0 Å². The lowest BCUT2D eigenvalue weighted by Gasteiger charge is -2.29. The highest BCUT2D eigenvalue weighted by Crippen LogP contribution is 2.48. The van der Waals surface area contributed by atoms with Gasteiger partial charge in [0.1, 0.15) is 11.6 Å². The Kier molecular flexibility index (Phi) is 2.79. The zero-order chi connectivity index (χ0) is 12.8. The second-order valence-electron chi connectivity index (χ2n) is 5.82. The molecule has 5 heteroatoms. The van der Waals surface area contributed by atoms with Crippen LogP contribution in [-0.2, 0) is 9.53 Å². The Morgan fingerprint density at radius 2 is 1.94 bits per heavy atom. The van der Waals surface area contributed by atoms with Crippen molar-refractivity contribution in [3.05, 3.63) is 0 Å². The number of likely N-dealkylation sites (tertiary alicyclic amines) is 1. The summed E-state index contributed by atoms with van der Waals surface area (Å²) in [7, 11) is 1.60. The van der Waals surface area contributed by atoms with E-state index in [0.717, 1.165) is 12.8 Å². The van der Waals surface area contributed by atoms with Crippen molar-refractivity contribution >= 4 is 12.0 Å². The van der Waals surface area contributed by atoms with Crippen LogP contribution in [0.3, 0.4) is 0 Å². The third-order valence-electron chi connectivity index (χ3n) is 3.26. The fourth-order valence-corrected chi connectivity index (χ4v) is 2.43. The Morgan fingerprint density at radius 1 is 1.29 bits per heavy atom. The van der Waals surface area contributed by atoms with Crippen LogP contribution in [0.4, 0.5) is 4.79 Å². The highest BCUT2D eigenvalue weighted by atomic mass is 16.6. The quantitative estimate of drug-likeness (QED) is 0.747. The minimum atomic E-state index is -0.517. The predicted molar refractivity (Wildman–Crippen MR) is 62.4 cm³/mol. The molecule has 0 aromatic rings. The Morgan fingerprint density at radius 3 is 2.47 bits per heavy atom. The molecule has 1 saturated heterocycles. The lowest BCUT2D eigenvalue weighted by molar-refractivity contribution is -0.125. The zero-order valence-electron chi connectivity index (χ0n) is 10.8. The fraction of sp³-hybridized carbons (Fsp3) is 0.833. The van der Waals surface area contributed by atoms with Crippen LogP contribution in [0.25, 0.3) is 0 Å². The Labute approximate surface area is 101 Å². The van der Waals surface area contributed by atoms with E-state index in [9.17, 15) is 9.59 Å². The number of hydrogen-bond donors (Lipinski definition) is 1. The van der Waals surface area contributed by atoms with Gasteiger partial charge in [-0.15, -0.1) is 0 Å². The number of carbonyl (C=O) groups excluding carboxylic acids is 2. The van der Waals surface area contributed by atoms with Crippen molar-refractivity contribution in [1.82, 2.24) is 10.2 Å². The number of fused-ring (bicyclic) bond motifs is 1. The van der Waals surface area contributed by atoms with Gasteiger partial charge < -0.3 is 10.1 Å². The average Bonchev–Trinajstić information content (AvgIpc) is 2.85. The van der Waals surface area contributed by atoms with Crippen molar-refractivity contribution in [3.63, 3.8) is 0 Å². The molecule has 2 rings (SSSR count). The van der Waals surface area contributed by atoms with Gasteiger partial charge in [0.05, 0.1) is 0 Å². The Bertz CT molecular complexity index is 348. The third-order valence-corrected chi connectivity index (χ3v) is 3.26. The third kappa shape index (κ3) is 2.37. The molecule has 0 bridgehead atoms. The number of ether oxygens (including phenoxy) is 1. The molecule has 17 heavy (non-hydrogen) atoms. The van der Waals surface area contributed by atoms with Crippen LogP contribution in [0.15, 0.2) is 0 Å². The maximum atomic E-state index is 12.1. The van der Waals surface area contributed by atoms with Gasteiger partial charge in [-0.05, 0) is 39.5 Å². The summed E-state index contributed by atoms with van der Waals surface area (Å²) >= 11 is 0. The van der Waals surface area contributed by atoms with Gasteiger partial charge in [-0.3, -0.25) is 9.69 Å². The molecule has 1 aliphatic carbocycles. The van der Waals surface area contributed by atoms with E-state index in [0.29, 0.717) is 5.92 Å². The maximum Gasteiger partial charge on any atom is 0.411 e. The van der Waals surface area contributed by atoms with Crippen LogP contribution in [0.2, 0.25) is 0 Å². The number of nitrogens with one attached hydrogen (secondary N) is 1. The minimum Gasteiger partial charge on any atom is -0.444 e. The second-order valence-corrected chi connectivity index (χ2v) is 5.82. The van der Waals surface area contributed by atoms with Crippen molar-refractivity contribution in [3.8, 4) is 0 Å². The molecule has 2 fully saturated rings. The summed E-state index contributed by atoms with van der Waals surface area (Å²) in [5.41, 5.74) is -0.517. The van der Waals surface area contributed by atoms with Crippen molar-refractivity contribution in [2.24, 2.45) is 5.92 Å². The van der Waals surface area contributed by atoms with Gasteiger partial charge in [-0.25, -0.2) is 4.79 Å². The maximum absolute atomic E-state index is 12.1. The summed E-state index contributed by atoms with van der Waals surface area (Å²) in [5.74, 6) is 0.396. The molecule has 1 aliphatic heterocycles. The second kappa shape index (κ2) is 3.89. The molecule has 3 unspecified atom stereocenters. The summed E-state index contributed by atoms with van der Waals surface area (Å²) in [4.78, 5) is 25.4. The first-order valence-electron chi connectivity index (χ1n) is 6.06. The van der Waals surface area contributed by atoms with Gasteiger partial charge in [-0.2, -0.15) is 0 Å². The number of nitrogens with zero attached hydrogens (tertiary/aromatic N) is 1. The topological polar surface area (TPSA) is 58.6 Å². The molecule has 96 valence electrons. The van der Waals surface area contributed by atoms with E-state index in [1.54, 1.807) is 11.9 Å². The first kappa shape index (κ1) is 12.2. The van der Waals surface area contributed by atoms with Crippen molar-refractivity contribution in [2.75, 3.05) is 7.05 Å². The SMILES string of the molecule is CNC(=O)C1CC2CC2N1C(=O)OC(C)(C)C. The van der Waals surface area contributed by atoms with Crippen LogP contribution in [0.5, 0.6) is 0 Å². The highest BCUT2D eigenvalue weighted by molar-refractivity contribution is 5.86. The molecule has 2 aliphatic rings. The first-order valence-corrected chi connectivity index (χ1v) is 6.06. The molecular formula is C12H20N2O3. The van der Waals surface area contributed by atoms with Crippen molar-refractivity contribution < 1.29 is 14.3 Å². The number of amides is 2. The molecule has 3 atom stereocenters. The first-order chi connectivity index (χ1) is 7.83. The molecule has 5 nitrogen and oxygen atoms in total. The molecular weight excluding hydrogens is 220 g/mol. The number of piperidine rings is 1. The van der Waals surface area contributed by atoms with Crippen LogP contribution in [0, 0.1) is 5.92 Å². The molecule has 0 aromatic heterocycles. The van der Waals surface area contributed by atoms with E-state index >= 15 is 0 Å². The summed E-state index contributed by atoms with van der Waals surface area (Å²) in [5, 5.41) is 2.61. The molecule has 1 heterocycles. The van der Waals surface area contributed by atoms with E-state index < -0.39 is 5.60 Å². The van der Waals surface area contributed by atoms with Crippen LogP contribution in [-0.4, -0.2) is 41.6 Å². The molecule has 0 radical (unpaired) electrons. The summed E-state index contributed by atoms with van der Waals surface area (Å²) < 4.78 is 5.35. The van der Waals surface area contributed by atoms with Crippen LogP contribution in [0.1, 0.15) is 33.6 Å². The van der Waals surface area contributed by atoms with Crippen molar-refractivity contribution in [2.45, 2.75) is 51.3 Å². The molecule has 1 saturated carbocycles. The summed E-state index contributed by atoms with van der Waals surface area (Å²) in [6.07, 6.45) is 1.41. The number of likely N-dealkylation sites (N-methyl/N-ethyl adjacent to an activating group) is 1. The monoisotopic (exact) mass is 240 g/mol.